The highest BCUT2D eigenvalue weighted by Crippen LogP contribution is 2.47. The van der Waals surface area contributed by atoms with Crippen molar-refractivity contribution in [2.24, 2.45) is 0 Å². The summed E-state index contributed by atoms with van der Waals surface area (Å²) in [5.41, 5.74) is 4.30. The molecule has 0 radical (unpaired) electrons. The van der Waals surface area contributed by atoms with Crippen molar-refractivity contribution in [1.82, 2.24) is 0 Å². The summed E-state index contributed by atoms with van der Waals surface area (Å²) in [5.74, 6) is 0. The number of fused-ring (bicyclic) bond motifs is 1. The van der Waals surface area contributed by atoms with Gasteiger partial charge in [-0.3, -0.25) is 0 Å². The molecule has 58 valence electrons. The highest BCUT2D eigenvalue weighted by Gasteiger charge is 2.26. The van der Waals surface area contributed by atoms with Crippen molar-refractivity contribution >= 4 is 11.4 Å². The molecule has 11 heavy (non-hydrogen) atoms. The van der Waals surface area contributed by atoms with E-state index in [1.807, 2.05) is 0 Å². The summed E-state index contributed by atoms with van der Waals surface area (Å²) in [5, 5.41) is 0. The van der Waals surface area contributed by atoms with E-state index < -0.39 is 0 Å². The van der Waals surface area contributed by atoms with Gasteiger partial charge in [-0.25, -0.2) is 0 Å². The van der Waals surface area contributed by atoms with Crippen molar-refractivity contribution in [2.45, 2.75) is 20.3 Å². The van der Waals surface area contributed by atoms with Gasteiger partial charge >= 0.3 is 0 Å². The molecular weight excluding hydrogens is 134 g/mol. The predicted octanol–water partition coefficient (Wildman–Crippen LogP) is 2.72. The number of anilines is 2. The molecule has 0 aromatic heterocycles. The van der Waals surface area contributed by atoms with E-state index in [-0.39, 0.29) is 0 Å². The summed E-state index contributed by atoms with van der Waals surface area (Å²) in [6, 6.07) is 6.73. The highest BCUT2D eigenvalue weighted by atomic mass is 15.3. The summed E-state index contributed by atoms with van der Waals surface area (Å²) in [6.07, 6.45) is 1.14. The van der Waals surface area contributed by atoms with E-state index in [4.69, 9.17) is 0 Å². The van der Waals surface area contributed by atoms with Gasteiger partial charge in [0.2, 0.25) is 0 Å². The SMILES string of the molecule is CCc1ccc2c(c1)N2CC. The second-order valence-corrected chi connectivity index (χ2v) is 2.92. The minimum absolute atomic E-state index is 1.11. The van der Waals surface area contributed by atoms with Gasteiger partial charge in [-0.15, -0.1) is 0 Å². The minimum atomic E-state index is 1.11. The van der Waals surface area contributed by atoms with E-state index in [0.29, 0.717) is 0 Å². The smallest absolute Gasteiger partial charge is 0.0655 e. The van der Waals surface area contributed by atoms with E-state index in [9.17, 15) is 0 Å². The fraction of sp³-hybridized carbons (Fsp3) is 0.400. The van der Waals surface area contributed by atoms with Crippen LogP contribution in [0.15, 0.2) is 18.2 Å². The molecule has 1 aliphatic heterocycles. The fourth-order valence-electron chi connectivity index (χ4n) is 1.53. The molecule has 1 aromatic carbocycles. The monoisotopic (exact) mass is 147 g/mol. The molecule has 1 heterocycles. The van der Waals surface area contributed by atoms with Gasteiger partial charge in [0.05, 0.1) is 11.4 Å². The van der Waals surface area contributed by atoms with Gasteiger partial charge in [0.1, 0.15) is 0 Å². The summed E-state index contributed by atoms with van der Waals surface area (Å²) in [7, 11) is 0. The molecule has 0 aliphatic carbocycles. The lowest BCUT2D eigenvalue weighted by Crippen LogP contribution is -1.94. The first-order valence-corrected chi connectivity index (χ1v) is 4.27. The maximum Gasteiger partial charge on any atom is 0.0655 e. The van der Waals surface area contributed by atoms with Crippen molar-refractivity contribution in [3.8, 4) is 0 Å². The van der Waals surface area contributed by atoms with Crippen LogP contribution < -0.4 is 4.90 Å². The van der Waals surface area contributed by atoms with Gasteiger partial charge < -0.3 is 4.90 Å². The second kappa shape index (κ2) is 2.26. The third kappa shape index (κ3) is 0.917. The van der Waals surface area contributed by atoms with Crippen LogP contribution in [0.3, 0.4) is 0 Å². The molecule has 0 fully saturated rings. The zero-order chi connectivity index (χ0) is 7.84. The van der Waals surface area contributed by atoms with Crippen LogP contribution in [0.25, 0.3) is 0 Å². The Kier molecular flexibility index (Phi) is 1.38. The number of benzene rings is 1. The molecular formula is C10H13N. The first-order chi connectivity index (χ1) is 5.36. The van der Waals surface area contributed by atoms with Gasteiger partial charge in [0.15, 0.2) is 0 Å². The zero-order valence-electron chi connectivity index (χ0n) is 7.09. The molecule has 1 heteroatoms. The van der Waals surface area contributed by atoms with Gasteiger partial charge in [-0.2, -0.15) is 0 Å². The molecule has 0 saturated heterocycles. The molecule has 0 N–H and O–H groups in total. The van der Waals surface area contributed by atoms with Gasteiger partial charge in [-0.05, 0) is 31.0 Å². The second-order valence-electron chi connectivity index (χ2n) is 2.92. The summed E-state index contributed by atoms with van der Waals surface area (Å²) >= 11 is 0. The summed E-state index contributed by atoms with van der Waals surface area (Å²) < 4.78 is 0. The number of hydrogen-bond donors (Lipinski definition) is 0. The van der Waals surface area contributed by atoms with Crippen LogP contribution in [-0.4, -0.2) is 6.54 Å². The van der Waals surface area contributed by atoms with Gasteiger partial charge in [0, 0.05) is 6.54 Å². The maximum absolute atomic E-state index is 2.33. The Morgan fingerprint density at radius 3 is 2.64 bits per heavy atom. The lowest BCUT2D eigenvalue weighted by molar-refractivity contribution is 1.12. The van der Waals surface area contributed by atoms with Crippen LogP contribution >= 0.6 is 0 Å². The lowest BCUT2D eigenvalue weighted by atomic mass is 10.2. The largest absolute Gasteiger partial charge is 0.338 e. The van der Waals surface area contributed by atoms with Crippen molar-refractivity contribution < 1.29 is 0 Å². The molecule has 0 amide bonds. The average Bonchev–Trinajstić information content (AvgIpc) is 2.76. The van der Waals surface area contributed by atoms with Crippen molar-refractivity contribution in [3.63, 3.8) is 0 Å². The van der Waals surface area contributed by atoms with Crippen LogP contribution in [-0.2, 0) is 6.42 Å². The third-order valence-electron chi connectivity index (χ3n) is 2.30. The quantitative estimate of drug-likeness (QED) is 0.581. The van der Waals surface area contributed by atoms with Gasteiger partial charge in [-0.1, -0.05) is 13.0 Å². The van der Waals surface area contributed by atoms with Crippen molar-refractivity contribution in [3.05, 3.63) is 23.8 Å². The first kappa shape index (κ1) is 6.71. The predicted molar refractivity (Wildman–Crippen MR) is 48.5 cm³/mol. The van der Waals surface area contributed by atoms with Crippen molar-refractivity contribution in [1.29, 1.82) is 0 Å². The standard InChI is InChI=1S/C10H13N/c1-3-8-5-6-9-10(7-8)11(9)4-2/h5-7H,3-4H2,1-2H3. The summed E-state index contributed by atoms with van der Waals surface area (Å²) in [4.78, 5) is 2.33. The molecule has 0 atom stereocenters. The number of hydrogen-bond acceptors (Lipinski definition) is 1. The van der Waals surface area contributed by atoms with E-state index in [0.717, 1.165) is 13.0 Å². The van der Waals surface area contributed by atoms with Crippen molar-refractivity contribution in [2.75, 3.05) is 11.4 Å². The Bertz CT molecular complexity index is 278. The van der Waals surface area contributed by atoms with Crippen LogP contribution in [0.5, 0.6) is 0 Å². The average molecular weight is 147 g/mol. The number of rotatable bonds is 2. The van der Waals surface area contributed by atoms with Crippen LogP contribution in [0, 0.1) is 0 Å². The van der Waals surface area contributed by atoms with E-state index in [1.54, 1.807) is 0 Å². The molecule has 0 spiro atoms. The number of nitrogens with zero attached hydrogens (tertiary/aromatic N) is 1. The van der Waals surface area contributed by atoms with Crippen LogP contribution in [0.2, 0.25) is 0 Å². The van der Waals surface area contributed by atoms with Gasteiger partial charge in [0.25, 0.3) is 0 Å². The third-order valence-corrected chi connectivity index (χ3v) is 2.30. The van der Waals surface area contributed by atoms with Crippen LogP contribution in [0.1, 0.15) is 19.4 Å². The molecule has 0 bridgehead atoms. The zero-order valence-corrected chi connectivity index (χ0v) is 7.09. The molecule has 1 aromatic rings. The highest BCUT2D eigenvalue weighted by molar-refractivity contribution is 5.93. The topological polar surface area (TPSA) is 3.01 Å². The molecule has 1 aliphatic rings. The van der Waals surface area contributed by atoms with E-state index >= 15 is 0 Å². The maximum atomic E-state index is 2.33. The Morgan fingerprint density at radius 2 is 2.00 bits per heavy atom. The molecule has 0 saturated carbocycles. The van der Waals surface area contributed by atoms with Crippen LogP contribution in [0.4, 0.5) is 11.4 Å². The normalized spacial score (nSPS) is 13.1. The molecule has 2 rings (SSSR count). The fourth-order valence-corrected chi connectivity index (χ4v) is 1.53. The van der Waals surface area contributed by atoms with E-state index in [1.165, 1.54) is 16.9 Å². The Hall–Kier alpha value is -0.980. The Labute approximate surface area is 67.6 Å². The lowest BCUT2D eigenvalue weighted by Gasteiger charge is -1.91. The Morgan fingerprint density at radius 1 is 1.18 bits per heavy atom. The molecule has 1 nitrogen and oxygen atoms in total. The first-order valence-electron chi connectivity index (χ1n) is 4.27. The minimum Gasteiger partial charge on any atom is -0.338 e. The Balaban J connectivity index is 2.28. The number of aryl methyl sites for hydroxylation is 1. The molecule has 0 unspecified atom stereocenters. The summed E-state index contributed by atoms with van der Waals surface area (Å²) in [6.45, 7) is 5.49. The van der Waals surface area contributed by atoms with E-state index in [2.05, 4.69) is 36.9 Å².